The average Bonchev–Trinajstić information content (AvgIpc) is 2.36. The molecule has 0 bridgehead atoms. The van der Waals surface area contributed by atoms with Crippen LogP contribution in [0.25, 0.3) is 0 Å². The summed E-state index contributed by atoms with van der Waals surface area (Å²) < 4.78 is 22.7. The summed E-state index contributed by atoms with van der Waals surface area (Å²) in [5.74, 6) is 0.436. The first-order valence-corrected chi connectivity index (χ1v) is 8.16. The fourth-order valence-corrected chi connectivity index (χ4v) is 2.51. The molecule has 0 spiro atoms. The fraction of sp³-hybridized carbons (Fsp3) is 0.571. The maximum atomic E-state index is 11.4. The van der Waals surface area contributed by atoms with Crippen LogP contribution < -0.4 is 5.32 Å². The van der Waals surface area contributed by atoms with E-state index in [-0.39, 0.29) is 16.9 Å². The first-order valence-electron chi connectivity index (χ1n) is 6.34. The largest absolute Gasteiger partial charge is 0.315 e. The third kappa shape index (κ3) is 4.78. The number of hydrogen-bond acceptors (Lipinski definition) is 3. The zero-order chi connectivity index (χ0) is 13.6. The van der Waals surface area contributed by atoms with Gasteiger partial charge in [0.1, 0.15) is 0 Å². The zero-order valence-corrected chi connectivity index (χ0v) is 12.3. The van der Waals surface area contributed by atoms with E-state index in [2.05, 4.69) is 31.3 Å². The van der Waals surface area contributed by atoms with Gasteiger partial charge in [-0.05, 0) is 5.56 Å². The van der Waals surface area contributed by atoms with Gasteiger partial charge in [0.25, 0.3) is 0 Å². The molecule has 0 saturated heterocycles. The molecular formula is C14H23NO2S. The predicted molar refractivity (Wildman–Crippen MR) is 76.7 cm³/mol. The highest BCUT2D eigenvalue weighted by atomic mass is 32.2. The van der Waals surface area contributed by atoms with Crippen molar-refractivity contribution < 1.29 is 8.42 Å². The highest BCUT2D eigenvalue weighted by Gasteiger charge is 2.19. The summed E-state index contributed by atoms with van der Waals surface area (Å²) in [5.41, 5.74) is 1.27. The monoisotopic (exact) mass is 269 g/mol. The second kappa shape index (κ2) is 6.34. The van der Waals surface area contributed by atoms with E-state index in [1.165, 1.54) is 5.56 Å². The summed E-state index contributed by atoms with van der Waals surface area (Å²) in [6.07, 6.45) is 0. The molecule has 1 aromatic rings. The molecule has 0 aliphatic carbocycles. The van der Waals surface area contributed by atoms with Gasteiger partial charge in [-0.3, -0.25) is 0 Å². The van der Waals surface area contributed by atoms with Gasteiger partial charge in [0.2, 0.25) is 0 Å². The van der Waals surface area contributed by atoms with Crippen LogP contribution in [-0.4, -0.2) is 33.0 Å². The lowest BCUT2D eigenvalue weighted by Gasteiger charge is -2.25. The lowest BCUT2D eigenvalue weighted by atomic mass is 9.85. The van der Waals surface area contributed by atoms with Crippen LogP contribution in [0.1, 0.15) is 26.3 Å². The lowest BCUT2D eigenvalue weighted by molar-refractivity contribution is 0.476. The Morgan fingerprint density at radius 2 is 1.78 bits per heavy atom. The minimum atomic E-state index is -2.86. The molecule has 18 heavy (non-hydrogen) atoms. The van der Waals surface area contributed by atoms with Crippen LogP contribution >= 0.6 is 0 Å². The smallest absolute Gasteiger partial charge is 0.151 e. The van der Waals surface area contributed by atoms with E-state index in [0.717, 1.165) is 6.54 Å². The Morgan fingerprint density at radius 1 is 1.17 bits per heavy atom. The fourth-order valence-electron chi connectivity index (χ4n) is 1.76. The van der Waals surface area contributed by atoms with Crippen LogP contribution in [-0.2, 0) is 15.3 Å². The van der Waals surface area contributed by atoms with Gasteiger partial charge in [-0.15, -0.1) is 0 Å². The molecule has 0 aliphatic heterocycles. The maximum Gasteiger partial charge on any atom is 0.151 e. The van der Waals surface area contributed by atoms with Gasteiger partial charge in [0.05, 0.1) is 5.75 Å². The first-order chi connectivity index (χ1) is 8.37. The molecule has 4 heteroatoms. The number of hydrogen-bond donors (Lipinski definition) is 1. The summed E-state index contributed by atoms with van der Waals surface area (Å²) in [7, 11) is -2.86. The van der Waals surface area contributed by atoms with Crippen molar-refractivity contribution in [2.75, 3.05) is 24.6 Å². The third-order valence-electron chi connectivity index (χ3n) is 3.15. The second-order valence-electron chi connectivity index (χ2n) is 5.16. The van der Waals surface area contributed by atoms with Gasteiger partial charge >= 0.3 is 0 Å². The Hall–Kier alpha value is -0.870. The Kier molecular flexibility index (Phi) is 5.35. The molecule has 0 aliphatic rings. The Morgan fingerprint density at radius 3 is 2.33 bits per heavy atom. The molecule has 1 rings (SSSR count). The third-order valence-corrected chi connectivity index (χ3v) is 4.86. The molecule has 102 valence electrons. The lowest BCUT2D eigenvalue weighted by Crippen LogP contribution is -2.35. The van der Waals surface area contributed by atoms with Gasteiger partial charge in [-0.2, -0.15) is 0 Å². The van der Waals surface area contributed by atoms with Crippen LogP contribution in [0.5, 0.6) is 0 Å². The summed E-state index contributed by atoms with van der Waals surface area (Å²) >= 11 is 0. The van der Waals surface area contributed by atoms with Gasteiger partial charge in [-0.1, -0.05) is 51.1 Å². The minimum absolute atomic E-state index is 0.0111. The topological polar surface area (TPSA) is 46.2 Å². The van der Waals surface area contributed by atoms with Crippen LogP contribution in [0.2, 0.25) is 0 Å². The second-order valence-corrected chi connectivity index (χ2v) is 7.64. The van der Waals surface area contributed by atoms with E-state index in [1.54, 1.807) is 6.92 Å². The molecule has 0 radical (unpaired) electrons. The first kappa shape index (κ1) is 15.2. The molecule has 0 fully saturated rings. The number of nitrogens with one attached hydrogen (secondary N) is 1. The minimum Gasteiger partial charge on any atom is -0.315 e. The van der Waals surface area contributed by atoms with E-state index in [0.29, 0.717) is 6.54 Å². The summed E-state index contributed by atoms with van der Waals surface area (Å²) in [6, 6.07) is 10.3. The molecule has 0 heterocycles. The summed E-state index contributed by atoms with van der Waals surface area (Å²) in [6.45, 7) is 7.29. The van der Waals surface area contributed by atoms with E-state index in [9.17, 15) is 8.42 Å². The van der Waals surface area contributed by atoms with Crippen molar-refractivity contribution in [2.24, 2.45) is 0 Å². The Bertz CT molecular complexity index is 452. The van der Waals surface area contributed by atoms with Crippen molar-refractivity contribution in [1.82, 2.24) is 5.32 Å². The van der Waals surface area contributed by atoms with Gasteiger partial charge in [0.15, 0.2) is 9.84 Å². The van der Waals surface area contributed by atoms with Crippen molar-refractivity contribution in [2.45, 2.75) is 26.2 Å². The number of benzene rings is 1. The SMILES string of the molecule is CCS(=O)(=O)CCNCC(C)(C)c1ccccc1. The Labute approximate surface area is 111 Å². The van der Waals surface area contributed by atoms with Gasteiger partial charge in [0, 0.05) is 24.3 Å². The maximum absolute atomic E-state index is 11.4. The van der Waals surface area contributed by atoms with Gasteiger partial charge < -0.3 is 5.32 Å². The zero-order valence-electron chi connectivity index (χ0n) is 11.4. The van der Waals surface area contributed by atoms with E-state index in [4.69, 9.17) is 0 Å². The van der Waals surface area contributed by atoms with Gasteiger partial charge in [-0.25, -0.2) is 8.42 Å². The molecule has 0 aromatic heterocycles. The van der Waals surface area contributed by atoms with Crippen molar-refractivity contribution in [3.8, 4) is 0 Å². The molecule has 1 N–H and O–H groups in total. The summed E-state index contributed by atoms with van der Waals surface area (Å²) in [4.78, 5) is 0. The van der Waals surface area contributed by atoms with Crippen LogP contribution in [0.15, 0.2) is 30.3 Å². The molecule has 1 aromatic carbocycles. The standard InChI is InChI=1S/C14H23NO2S/c1-4-18(16,17)11-10-15-12-14(2,3)13-8-6-5-7-9-13/h5-9,15H,4,10-12H2,1-3H3. The van der Waals surface area contributed by atoms with Crippen molar-refractivity contribution in [3.63, 3.8) is 0 Å². The molecule has 0 atom stereocenters. The summed E-state index contributed by atoms with van der Waals surface area (Å²) in [5, 5.41) is 3.24. The molecule has 0 amide bonds. The molecule has 0 saturated carbocycles. The average molecular weight is 269 g/mol. The van der Waals surface area contributed by atoms with Crippen molar-refractivity contribution in [1.29, 1.82) is 0 Å². The molecular weight excluding hydrogens is 246 g/mol. The van der Waals surface area contributed by atoms with E-state index in [1.807, 2.05) is 18.2 Å². The molecule has 0 unspecified atom stereocenters. The van der Waals surface area contributed by atoms with Crippen molar-refractivity contribution >= 4 is 9.84 Å². The highest BCUT2D eigenvalue weighted by molar-refractivity contribution is 7.91. The number of sulfone groups is 1. The van der Waals surface area contributed by atoms with E-state index < -0.39 is 9.84 Å². The highest BCUT2D eigenvalue weighted by Crippen LogP contribution is 2.21. The van der Waals surface area contributed by atoms with E-state index >= 15 is 0 Å². The normalized spacial score (nSPS) is 12.6. The number of rotatable bonds is 7. The van der Waals surface area contributed by atoms with Crippen LogP contribution in [0, 0.1) is 0 Å². The molecule has 3 nitrogen and oxygen atoms in total. The predicted octanol–water partition coefficient (Wildman–Crippen LogP) is 1.99. The van der Waals surface area contributed by atoms with Crippen molar-refractivity contribution in [3.05, 3.63) is 35.9 Å². The Balaban J connectivity index is 2.44. The quantitative estimate of drug-likeness (QED) is 0.770. The van der Waals surface area contributed by atoms with Crippen LogP contribution in [0.4, 0.5) is 0 Å². The van der Waals surface area contributed by atoms with Crippen LogP contribution in [0.3, 0.4) is 0 Å².